The summed E-state index contributed by atoms with van der Waals surface area (Å²) in [7, 11) is 0. The largest absolute Gasteiger partial charge is 2.00 e. The van der Waals surface area contributed by atoms with Gasteiger partial charge < -0.3 is 22.7 Å². The molecule has 14 aromatic rings. The maximum Gasteiger partial charge on any atom is 2.00 e. The second kappa shape index (κ2) is 21.4. The van der Waals surface area contributed by atoms with Gasteiger partial charge in [-0.25, -0.2) is 0 Å². The van der Waals surface area contributed by atoms with Crippen molar-refractivity contribution in [3.63, 3.8) is 0 Å². The van der Waals surface area contributed by atoms with Crippen molar-refractivity contribution in [2.75, 3.05) is 0 Å². The number of rotatable bonds is 12. The van der Waals surface area contributed by atoms with Gasteiger partial charge in [0.05, 0.1) is 50.4 Å². The minimum absolute atomic E-state index is 0. The van der Waals surface area contributed by atoms with Crippen LogP contribution < -0.4 is 4.74 Å². The predicted molar refractivity (Wildman–Crippen MR) is 340 cm³/mol. The van der Waals surface area contributed by atoms with Crippen LogP contribution in [-0.2, 0) is 21.1 Å². The molecule has 0 saturated carbocycles. The van der Waals surface area contributed by atoms with Crippen LogP contribution in [0.1, 0.15) is 113 Å². The van der Waals surface area contributed by atoms with Gasteiger partial charge in [0.1, 0.15) is 11.2 Å². The van der Waals surface area contributed by atoms with Gasteiger partial charge in [-0.15, -0.1) is 23.8 Å². The molecular weight excluding hydrogens is 1210 g/mol. The third-order valence-electron chi connectivity index (χ3n) is 16.4. The molecule has 0 bridgehead atoms. The van der Waals surface area contributed by atoms with E-state index in [-0.39, 0.29) is 44.7 Å². The van der Waals surface area contributed by atoms with E-state index in [0.29, 0.717) is 34.1 Å². The van der Waals surface area contributed by atoms with Crippen LogP contribution in [-0.4, -0.2) is 24.1 Å². The zero-order chi connectivity index (χ0) is 56.9. The summed E-state index contributed by atoms with van der Waals surface area (Å²) in [5, 5.41) is 3.61. The molecule has 5 heterocycles. The van der Waals surface area contributed by atoms with E-state index in [9.17, 15) is 0 Å². The topological polar surface area (TPSA) is 84.0 Å². The molecule has 0 aliphatic heterocycles. The van der Waals surface area contributed by atoms with Crippen LogP contribution in [0.2, 0.25) is 0 Å². The molecule has 0 spiro atoms. The standard InChI is InChI=1S/C75H63N5O3.Pt/c1-42(2)56-36-51(48-22-13-11-14-23-48)37-57(43(3)4)69(56)79-65-30-19-17-28-63(65)77-74(79)50-26-21-27-53(35-50)81-54-40-60-55-32-33-67-68(61-34-46(9)76-47(10)71(61)82-67)73(55)83-72(60)62(41-54)75-78-64-29-18-20-31-66(64)80(75)70-58(44(5)6)38-52(39-59(70)45(7)8)49-24-15-12-16-25-49;/h11-34,36-40,42-45H,1-10H3;/q-2;+2. The van der Waals surface area contributed by atoms with Gasteiger partial charge in [0.15, 0.2) is 5.58 Å². The normalized spacial score (nSPS) is 12.0. The van der Waals surface area contributed by atoms with E-state index in [1.807, 2.05) is 38.1 Å². The van der Waals surface area contributed by atoms with Gasteiger partial charge >= 0.3 is 21.1 Å². The Labute approximate surface area is 504 Å². The molecule has 9 heteroatoms. The molecule has 5 aromatic heterocycles. The van der Waals surface area contributed by atoms with Gasteiger partial charge in [-0.1, -0.05) is 169 Å². The van der Waals surface area contributed by atoms with Gasteiger partial charge in [-0.2, -0.15) is 0 Å². The summed E-state index contributed by atoms with van der Waals surface area (Å²) >= 11 is 0. The molecule has 0 unspecified atom stereocenters. The Morgan fingerprint density at radius 2 is 0.952 bits per heavy atom. The molecule has 0 aliphatic carbocycles. The summed E-state index contributed by atoms with van der Waals surface area (Å²) in [5.41, 5.74) is 21.7. The van der Waals surface area contributed by atoms with Crippen LogP contribution in [0, 0.1) is 26.0 Å². The number of fused-ring (bicyclic) bond motifs is 9. The molecule has 0 saturated heterocycles. The number of furan rings is 2. The minimum Gasteiger partial charge on any atom is -0.500 e. The minimum atomic E-state index is 0. The van der Waals surface area contributed by atoms with E-state index in [1.54, 1.807) is 0 Å². The maximum atomic E-state index is 7.33. The van der Waals surface area contributed by atoms with Crippen LogP contribution in [0.4, 0.5) is 0 Å². The molecule has 0 atom stereocenters. The van der Waals surface area contributed by atoms with E-state index < -0.39 is 0 Å². The van der Waals surface area contributed by atoms with Crippen LogP contribution in [0.5, 0.6) is 11.5 Å². The Kier molecular flexibility index (Phi) is 13.9. The fraction of sp³-hybridized carbons (Fsp3) is 0.187. The van der Waals surface area contributed by atoms with Crippen molar-refractivity contribution >= 4 is 65.9 Å². The Bertz CT molecular complexity index is 4810. The first-order chi connectivity index (χ1) is 40.3. The Morgan fingerprint density at radius 3 is 1.51 bits per heavy atom. The fourth-order valence-corrected chi connectivity index (χ4v) is 12.5. The number of nitrogens with zero attached hydrogens (tertiary/aromatic N) is 5. The monoisotopic (exact) mass is 1280 g/mol. The molecule has 8 nitrogen and oxygen atoms in total. The average Bonchev–Trinajstić information content (AvgIpc) is 1.71. The summed E-state index contributed by atoms with van der Waals surface area (Å²) in [6, 6.07) is 69.6. The van der Waals surface area contributed by atoms with Crippen LogP contribution in [0.25, 0.3) is 122 Å². The van der Waals surface area contributed by atoms with Crippen LogP contribution in [0.3, 0.4) is 0 Å². The average molecular weight is 1280 g/mol. The fourth-order valence-electron chi connectivity index (χ4n) is 12.5. The third-order valence-corrected chi connectivity index (χ3v) is 16.4. The molecule has 0 radical (unpaired) electrons. The molecule has 14 rings (SSSR count). The molecule has 416 valence electrons. The molecule has 0 fully saturated rings. The first-order valence-corrected chi connectivity index (χ1v) is 29.0. The Hall–Kier alpha value is -8.84. The van der Waals surface area contributed by atoms with Crippen molar-refractivity contribution in [3.8, 4) is 67.9 Å². The van der Waals surface area contributed by atoms with Crippen molar-refractivity contribution in [2.24, 2.45) is 0 Å². The van der Waals surface area contributed by atoms with Crippen molar-refractivity contribution in [3.05, 3.63) is 222 Å². The first kappa shape index (κ1) is 54.4. The summed E-state index contributed by atoms with van der Waals surface area (Å²) < 4.78 is 25.8. The third kappa shape index (κ3) is 9.14. The van der Waals surface area contributed by atoms with Crippen LogP contribution >= 0.6 is 0 Å². The van der Waals surface area contributed by atoms with Crippen molar-refractivity contribution in [1.82, 2.24) is 24.1 Å². The molecular formula is C75H63N5O3Pt. The van der Waals surface area contributed by atoms with E-state index >= 15 is 0 Å². The predicted octanol–water partition coefficient (Wildman–Crippen LogP) is 20.7. The molecule has 0 amide bonds. The second-order valence-electron chi connectivity index (χ2n) is 23.4. The van der Waals surface area contributed by atoms with E-state index in [4.69, 9.17) is 28.5 Å². The molecule has 0 aliphatic rings. The zero-order valence-electron chi connectivity index (χ0n) is 48.8. The van der Waals surface area contributed by atoms with E-state index in [1.165, 1.54) is 44.5 Å². The quantitative estimate of drug-likeness (QED) is 0.113. The number of pyridine rings is 1. The number of imidazole rings is 2. The summed E-state index contributed by atoms with van der Waals surface area (Å²) in [5.74, 6) is 3.20. The second-order valence-corrected chi connectivity index (χ2v) is 23.4. The number of hydrogen-bond acceptors (Lipinski definition) is 6. The van der Waals surface area contributed by atoms with Crippen molar-refractivity contribution in [1.29, 1.82) is 0 Å². The van der Waals surface area contributed by atoms with Gasteiger partial charge in [0.25, 0.3) is 0 Å². The van der Waals surface area contributed by atoms with Crippen molar-refractivity contribution in [2.45, 2.75) is 92.9 Å². The van der Waals surface area contributed by atoms with Gasteiger partial charge in [0, 0.05) is 39.3 Å². The van der Waals surface area contributed by atoms with E-state index in [0.717, 1.165) is 88.9 Å². The number of ether oxygens (including phenoxy) is 1. The van der Waals surface area contributed by atoms with Crippen molar-refractivity contribution < 1.29 is 34.6 Å². The van der Waals surface area contributed by atoms with Gasteiger partial charge in [0.2, 0.25) is 0 Å². The summed E-state index contributed by atoms with van der Waals surface area (Å²) in [4.78, 5) is 15.8. The van der Waals surface area contributed by atoms with Crippen LogP contribution in [0.15, 0.2) is 185 Å². The zero-order valence-corrected chi connectivity index (χ0v) is 51.1. The number of hydrogen-bond donors (Lipinski definition) is 0. The molecule has 84 heavy (non-hydrogen) atoms. The SMILES string of the molecule is Cc1cc2c(oc3ccc4c5cc(Oc6[c-]c(-c7nc8ccccc8n7-c7c(C(C)C)cc(-c8ccccc8)cc7C(C)C)ccc6)[c-]c(-c6nc7ccccc7n6-c6c(C(C)C)cc(-c7ccccc7)cc6C(C)C)c5oc4c32)c(C)n1.[Pt+2]. The Morgan fingerprint density at radius 1 is 0.429 bits per heavy atom. The number of para-hydroxylation sites is 4. The summed E-state index contributed by atoms with van der Waals surface area (Å²) in [6.45, 7) is 22.3. The number of aryl methyl sites for hydroxylation is 2. The molecule has 9 aromatic carbocycles. The van der Waals surface area contributed by atoms with Gasteiger partial charge in [-0.05, 0) is 149 Å². The number of aromatic nitrogens is 5. The maximum absolute atomic E-state index is 7.33. The van der Waals surface area contributed by atoms with E-state index in [2.05, 4.69) is 228 Å². The first-order valence-electron chi connectivity index (χ1n) is 29.0. The molecule has 0 N–H and O–H groups in total. The summed E-state index contributed by atoms with van der Waals surface area (Å²) in [6.07, 6.45) is 0. The number of benzene rings is 9. The van der Waals surface area contributed by atoms with Gasteiger partial charge in [-0.3, -0.25) is 15.0 Å². The smallest absolute Gasteiger partial charge is 0.500 e. The Balaban J connectivity index is 0.00000658.